The first-order chi connectivity index (χ1) is 9.36. The lowest BCUT2D eigenvalue weighted by Gasteiger charge is -2.27. The zero-order valence-corrected chi connectivity index (χ0v) is 11.8. The van der Waals surface area contributed by atoms with E-state index in [0.717, 1.165) is 37.9 Å². The second-order valence-electron chi connectivity index (χ2n) is 5.63. The van der Waals surface area contributed by atoms with Crippen LogP contribution in [0, 0.1) is 5.92 Å². The number of hydrogen-bond donors (Lipinski definition) is 1. The molecule has 1 saturated carbocycles. The summed E-state index contributed by atoms with van der Waals surface area (Å²) >= 11 is 0. The number of ether oxygens (including phenoxy) is 1. The average molecular weight is 260 g/mol. The number of benzene rings is 1. The fourth-order valence-corrected chi connectivity index (χ4v) is 2.94. The van der Waals surface area contributed by atoms with Crippen molar-refractivity contribution in [1.82, 2.24) is 5.32 Å². The SMILES string of the molecule is CCOc1cccc(N2CCCNC(C3CC3)C2)c1. The lowest BCUT2D eigenvalue weighted by Crippen LogP contribution is -2.39. The second kappa shape index (κ2) is 5.83. The summed E-state index contributed by atoms with van der Waals surface area (Å²) in [4.78, 5) is 2.52. The van der Waals surface area contributed by atoms with E-state index in [4.69, 9.17) is 4.74 Å². The maximum atomic E-state index is 5.61. The highest BCUT2D eigenvalue weighted by Crippen LogP contribution is 2.34. The summed E-state index contributed by atoms with van der Waals surface area (Å²) in [5.41, 5.74) is 1.31. The number of rotatable bonds is 4. The first-order valence-corrected chi connectivity index (χ1v) is 7.58. The van der Waals surface area contributed by atoms with E-state index in [-0.39, 0.29) is 0 Å². The van der Waals surface area contributed by atoms with Gasteiger partial charge in [-0.1, -0.05) is 6.07 Å². The van der Waals surface area contributed by atoms with Gasteiger partial charge in [-0.2, -0.15) is 0 Å². The molecule has 1 N–H and O–H groups in total. The Morgan fingerprint density at radius 3 is 3.05 bits per heavy atom. The fraction of sp³-hybridized carbons (Fsp3) is 0.625. The molecule has 2 aliphatic rings. The third-order valence-corrected chi connectivity index (χ3v) is 4.11. The molecule has 1 unspecified atom stereocenters. The van der Waals surface area contributed by atoms with Crippen LogP contribution in [0.4, 0.5) is 5.69 Å². The van der Waals surface area contributed by atoms with Crippen molar-refractivity contribution in [2.75, 3.05) is 31.1 Å². The largest absolute Gasteiger partial charge is 0.494 e. The molecule has 1 aliphatic heterocycles. The standard InChI is InChI=1S/C16H24N2O/c1-2-19-15-6-3-5-14(11-15)18-10-4-9-17-16(12-18)13-7-8-13/h3,5-6,11,13,16-17H,2,4,7-10,12H2,1H3. The number of anilines is 1. The van der Waals surface area contributed by atoms with Gasteiger partial charge in [-0.3, -0.25) is 0 Å². The van der Waals surface area contributed by atoms with Gasteiger partial charge in [-0.25, -0.2) is 0 Å². The Hall–Kier alpha value is -1.22. The topological polar surface area (TPSA) is 24.5 Å². The maximum absolute atomic E-state index is 5.61. The Bertz CT molecular complexity index is 417. The van der Waals surface area contributed by atoms with E-state index in [0.29, 0.717) is 6.04 Å². The Labute approximate surface area is 115 Å². The van der Waals surface area contributed by atoms with Crippen molar-refractivity contribution in [2.45, 2.75) is 32.2 Å². The predicted octanol–water partition coefficient (Wildman–Crippen LogP) is 2.66. The van der Waals surface area contributed by atoms with E-state index in [1.807, 2.05) is 13.0 Å². The van der Waals surface area contributed by atoms with Gasteiger partial charge in [0, 0.05) is 30.9 Å². The molecule has 104 valence electrons. The molecule has 1 atom stereocenters. The van der Waals surface area contributed by atoms with E-state index < -0.39 is 0 Å². The van der Waals surface area contributed by atoms with Crippen molar-refractivity contribution < 1.29 is 4.74 Å². The van der Waals surface area contributed by atoms with Gasteiger partial charge < -0.3 is 15.0 Å². The second-order valence-corrected chi connectivity index (χ2v) is 5.63. The Morgan fingerprint density at radius 2 is 2.26 bits per heavy atom. The fourth-order valence-electron chi connectivity index (χ4n) is 2.94. The highest BCUT2D eigenvalue weighted by Gasteiger charge is 2.33. The minimum atomic E-state index is 0.679. The van der Waals surface area contributed by atoms with Crippen molar-refractivity contribution >= 4 is 5.69 Å². The number of nitrogens with one attached hydrogen (secondary N) is 1. The molecule has 0 aromatic heterocycles. The minimum Gasteiger partial charge on any atom is -0.494 e. The van der Waals surface area contributed by atoms with Gasteiger partial charge in [0.2, 0.25) is 0 Å². The van der Waals surface area contributed by atoms with E-state index in [1.165, 1.54) is 24.9 Å². The Balaban J connectivity index is 1.73. The van der Waals surface area contributed by atoms with Crippen molar-refractivity contribution in [1.29, 1.82) is 0 Å². The quantitative estimate of drug-likeness (QED) is 0.901. The van der Waals surface area contributed by atoms with E-state index in [2.05, 4.69) is 28.4 Å². The molecule has 3 nitrogen and oxygen atoms in total. The van der Waals surface area contributed by atoms with Gasteiger partial charge >= 0.3 is 0 Å². The van der Waals surface area contributed by atoms with Crippen LogP contribution < -0.4 is 15.0 Å². The first-order valence-electron chi connectivity index (χ1n) is 7.58. The zero-order valence-electron chi connectivity index (χ0n) is 11.8. The van der Waals surface area contributed by atoms with Gasteiger partial charge in [0.25, 0.3) is 0 Å². The van der Waals surface area contributed by atoms with Crippen LogP contribution >= 0.6 is 0 Å². The molecule has 1 aliphatic carbocycles. The Kier molecular flexibility index (Phi) is 3.92. The van der Waals surface area contributed by atoms with Gasteiger partial charge in [-0.15, -0.1) is 0 Å². The number of hydrogen-bond acceptors (Lipinski definition) is 3. The van der Waals surface area contributed by atoms with E-state index in [9.17, 15) is 0 Å². The van der Waals surface area contributed by atoms with Crippen LogP contribution in [0.5, 0.6) is 5.75 Å². The average Bonchev–Trinajstić information content (AvgIpc) is 3.26. The van der Waals surface area contributed by atoms with Crippen molar-refractivity contribution in [3.63, 3.8) is 0 Å². The summed E-state index contributed by atoms with van der Waals surface area (Å²) < 4.78 is 5.61. The summed E-state index contributed by atoms with van der Waals surface area (Å²) in [7, 11) is 0. The molecule has 0 radical (unpaired) electrons. The molecule has 0 bridgehead atoms. The third-order valence-electron chi connectivity index (χ3n) is 4.11. The maximum Gasteiger partial charge on any atom is 0.121 e. The molecule has 1 aromatic carbocycles. The van der Waals surface area contributed by atoms with Gasteiger partial charge in [0.1, 0.15) is 5.75 Å². The molecule has 0 amide bonds. The summed E-state index contributed by atoms with van der Waals surface area (Å²) in [6.45, 7) is 6.20. The van der Waals surface area contributed by atoms with Gasteiger partial charge in [0.05, 0.1) is 6.61 Å². The Morgan fingerprint density at radius 1 is 1.37 bits per heavy atom. The molecular weight excluding hydrogens is 236 g/mol. The first kappa shape index (κ1) is 12.8. The summed E-state index contributed by atoms with van der Waals surface area (Å²) in [5, 5.41) is 3.71. The van der Waals surface area contributed by atoms with E-state index in [1.54, 1.807) is 0 Å². The van der Waals surface area contributed by atoms with Gasteiger partial charge in [0.15, 0.2) is 0 Å². The molecule has 19 heavy (non-hydrogen) atoms. The predicted molar refractivity (Wildman–Crippen MR) is 79.0 cm³/mol. The highest BCUT2D eigenvalue weighted by atomic mass is 16.5. The highest BCUT2D eigenvalue weighted by molar-refractivity contribution is 5.51. The van der Waals surface area contributed by atoms with Crippen LogP contribution in [0.3, 0.4) is 0 Å². The normalized spacial score (nSPS) is 24.1. The lowest BCUT2D eigenvalue weighted by molar-refractivity contribution is 0.340. The molecule has 1 heterocycles. The van der Waals surface area contributed by atoms with Crippen LogP contribution in [-0.4, -0.2) is 32.3 Å². The van der Waals surface area contributed by atoms with Crippen molar-refractivity contribution in [2.24, 2.45) is 5.92 Å². The van der Waals surface area contributed by atoms with Crippen molar-refractivity contribution in [3.05, 3.63) is 24.3 Å². The van der Waals surface area contributed by atoms with Gasteiger partial charge in [-0.05, 0) is 50.8 Å². The third kappa shape index (κ3) is 3.21. The molecule has 0 spiro atoms. The molecule has 2 fully saturated rings. The van der Waals surface area contributed by atoms with E-state index >= 15 is 0 Å². The molecule has 3 heteroatoms. The van der Waals surface area contributed by atoms with Crippen molar-refractivity contribution in [3.8, 4) is 5.75 Å². The van der Waals surface area contributed by atoms with Crippen LogP contribution in [0.1, 0.15) is 26.2 Å². The summed E-state index contributed by atoms with van der Waals surface area (Å²) in [6.07, 6.45) is 4.04. The monoisotopic (exact) mass is 260 g/mol. The smallest absolute Gasteiger partial charge is 0.121 e. The number of nitrogens with zero attached hydrogens (tertiary/aromatic N) is 1. The molecule has 1 saturated heterocycles. The molecule has 3 rings (SSSR count). The van der Waals surface area contributed by atoms with Crippen LogP contribution in [-0.2, 0) is 0 Å². The minimum absolute atomic E-state index is 0.679. The van der Waals surface area contributed by atoms with Crippen LogP contribution in [0.25, 0.3) is 0 Å². The zero-order chi connectivity index (χ0) is 13.1. The molecular formula is C16H24N2O. The summed E-state index contributed by atoms with van der Waals surface area (Å²) in [6, 6.07) is 9.21. The van der Waals surface area contributed by atoms with Crippen LogP contribution in [0.2, 0.25) is 0 Å². The lowest BCUT2D eigenvalue weighted by atomic mass is 10.1. The van der Waals surface area contributed by atoms with Crippen LogP contribution in [0.15, 0.2) is 24.3 Å². The summed E-state index contributed by atoms with van der Waals surface area (Å²) in [5.74, 6) is 1.90. The molecule has 1 aromatic rings.